The zero-order chi connectivity index (χ0) is 18.3. The van der Waals surface area contributed by atoms with E-state index in [4.69, 9.17) is 14.7 Å². The van der Waals surface area contributed by atoms with Gasteiger partial charge in [0.05, 0.1) is 6.10 Å². The normalized spacial score (nSPS) is 23.4. The van der Waals surface area contributed by atoms with Gasteiger partial charge >= 0.3 is 0 Å². The summed E-state index contributed by atoms with van der Waals surface area (Å²) in [6.07, 6.45) is 8.28. The van der Waals surface area contributed by atoms with Gasteiger partial charge in [0.1, 0.15) is 5.82 Å². The van der Waals surface area contributed by atoms with Crippen LogP contribution < -0.4 is 4.90 Å². The number of fused-ring (bicyclic) bond motifs is 1. The maximum atomic E-state index is 5.93. The van der Waals surface area contributed by atoms with Gasteiger partial charge in [0.25, 0.3) is 0 Å². The summed E-state index contributed by atoms with van der Waals surface area (Å²) in [5.74, 6) is 1.92. The molecule has 2 unspecified atom stereocenters. The molecule has 4 rings (SSSR count). The zero-order valence-electron chi connectivity index (χ0n) is 16.2. The Hall–Kier alpha value is -2.01. The second kappa shape index (κ2) is 6.62. The van der Waals surface area contributed by atoms with Gasteiger partial charge in [0.15, 0.2) is 5.82 Å². The summed E-state index contributed by atoms with van der Waals surface area (Å²) in [5.41, 5.74) is 3.70. The van der Waals surface area contributed by atoms with Crippen LogP contribution in [0.15, 0.2) is 24.5 Å². The van der Waals surface area contributed by atoms with Crippen LogP contribution in [0.5, 0.6) is 0 Å². The number of aromatic nitrogens is 3. The molecule has 26 heavy (non-hydrogen) atoms. The van der Waals surface area contributed by atoms with E-state index in [1.54, 1.807) is 12.4 Å². The monoisotopic (exact) mass is 352 g/mol. The molecule has 2 heterocycles. The Labute approximate surface area is 155 Å². The number of anilines is 1. The molecule has 0 aromatic carbocycles. The van der Waals surface area contributed by atoms with E-state index in [2.05, 4.69) is 37.7 Å². The summed E-state index contributed by atoms with van der Waals surface area (Å²) < 4.78 is 5.93. The number of hydrogen-bond acceptors (Lipinski definition) is 5. The molecule has 2 aromatic heterocycles. The number of pyridine rings is 1. The van der Waals surface area contributed by atoms with Gasteiger partial charge in [-0.2, -0.15) is 0 Å². The van der Waals surface area contributed by atoms with Crippen molar-refractivity contribution in [2.45, 2.75) is 58.6 Å². The van der Waals surface area contributed by atoms with E-state index >= 15 is 0 Å². The molecule has 0 spiro atoms. The quantitative estimate of drug-likeness (QED) is 0.822. The Morgan fingerprint density at radius 3 is 2.65 bits per heavy atom. The minimum atomic E-state index is 0.123. The van der Waals surface area contributed by atoms with Crippen molar-refractivity contribution in [3.63, 3.8) is 0 Å². The van der Waals surface area contributed by atoms with Crippen LogP contribution in [0.1, 0.15) is 44.9 Å². The topological polar surface area (TPSA) is 51.1 Å². The van der Waals surface area contributed by atoms with Crippen LogP contribution in [0.25, 0.3) is 11.4 Å². The molecule has 1 fully saturated rings. The first-order valence-electron chi connectivity index (χ1n) is 9.67. The van der Waals surface area contributed by atoms with Gasteiger partial charge in [-0.15, -0.1) is 0 Å². The molecule has 0 N–H and O–H groups in total. The fourth-order valence-corrected chi connectivity index (χ4v) is 4.49. The zero-order valence-corrected chi connectivity index (χ0v) is 16.2. The van der Waals surface area contributed by atoms with Crippen LogP contribution in [-0.2, 0) is 17.6 Å². The largest absolute Gasteiger partial charge is 0.378 e. The summed E-state index contributed by atoms with van der Waals surface area (Å²) in [4.78, 5) is 16.4. The standard InChI is InChI=1S/C21H28N4O/c1-5-26-18-13-17(21(18,2)3)25(4)20-15-7-6-8-16(15)23-19(24-20)14-9-11-22-12-10-14/h9-12,17-18H,5-8,13H2,1-4H3. The van der Waals surface area contributed by atoms with Crippen LogP contribution in [0.4, 0.5) is 5.82 Å². The molecule has 5 nitrogen and oxygen atoms in total. The van der Waals surface area contributed by atoms with Crippen LogP contribution >= 0.6 is 0 Å². The number of hydrogen-bond donors (Lipinski definition) is 0. The predicted molar refractivity (Wildman–Crippen MR) is 103 cm³/mol. The van der Waals surface area contributed by atoms with E-state index in [0.717, 1.165) is 43.1 Å². The minimum absolute atomic E-state index is 0.123. The van der Waals surface area contributed by atoms with Gasteiger partial charge in [-0.25, -0.2) is 9.97 Å². The minimum Gasteiger partial charge on any atom is -0.378 e. The molecular formula is C21H28N4O. The van der Waals surface area contributed by atoms with Gasteiger partial charge in [0.2, 0.25) is 0 Å². The lowest BCUT2D eigenvalue weighted by molar-refractivity contribution is -0.104. The van der Waals surface area contributed by atoms with Crippen molar-refractivity contribution < 1.29 is 4.74 Å². The Kier molecular flexibility index (Phi) is 4.43. The fourth-order valence-electron chi connectivity index (χ4n) is 4.49. The third-order valence-corrected chi connectivity index (χ3v) is 6.15. The average Bonchev–Trinajstić information content (AvgIpc) is 3.13. The van der Waals surface area contributed by atoms with E-state index in [1.807, 2.05) is 12.1 Å². The molecule has 2 atom stereocenters. The summed E-state index contributed by atoms with van der Waals surface area (Å²) in [6, 6.07) is 4.40. The van der Waals surface area contributed by atoms with E-state index in [1.165, 1.54) is 17.7 Å². The maximum absolute atomic E-state index is 5.93. The van der Waals surface area contributed by atoms with Gasteiger partial charge < -0.3 is 9.64 Å². The first-order valence-corrected chi connectivity index (χ1v) is 9.67. The molecule has 2 aromatic rings. The van der Waals surface area contributed by atoms with Crippen LogP contribution in [0, 0.1) is 5.41 Å². The van der Waals surface area contributed by atoms with E-state index in [9.17, 15) is 0 Å². The van der Waals surface area contributed by atoms with Gasteiger partial charge in [0, 0.05) is 54.3 Å². The summed E-state index contributed by atoms with van der Waals surface area (Å²) in [6.45, 7) is 7.47. The summed E-state index contributed by atoms with van der Waals surface area (Å²) in [5, 5.41) is 0. The van der Waals surface area contributed by atoms with Crippen molar-refractivity contribution in [2.24, 2.45) is 5.41 Å². The van der Waals surface area contributed by atoms with Crippen LogP contribution in [0.2, 0.25) is 0 Å². The second-order valence-electron chi connectivity index (χ2n) is 8.01. The van der Waals surface area contributed by atoms with Crippen LogP contribution in [0.3, 0.4) is 0 Å². The molecule has 0 amide bonds. The third kappa shape index (κ3) is 2.78. The van der Waals surface area contributed by atoms with E-state index < -0.39 is 0 Å². The Balaban J connectivity index is 1.69. The molecule has 2 aliphatic rings. The predicted octanol–water partition coefficient (Wildman–Crippen LogP) is 3.67. The highest BCUT2D eigenvalue weighted by Gasteiger charge is 2.51. The van der Waals surface area contributed by atoms with Gasteiger partial charge in [-0.1, -0.05) is 13.8 Å². The molecule has 0 bridgehead atoms. The molecule has 5 heteroatoms. The Bertz CT molecular complexity index is 790. The number of nitrogens with zero attached hydrogens (tertiary/aromatic N) is 4. The Morgan fingerprint density at radius 2 is 1.96 bits per heavy atom. The fraction of sp³-hybridized carbons (Fsp3) is 0.571. The first-order chi connectivity index (χ1) is 12.5. The highest BCUT2D eigenvalue weighted by molar-refractivity contribution is 5.61. The van der Waals surface area contributed by atoms with Crippen molar-refractivity contribution in [3.8, 4) is 11.4 Å². The Morgan fingerprint density at radius 1 is 1.19 bits per heavy atom. The van der Waals surface area contributed by atoms with E-state index in [0.29, 0.717) is 12.1 Å². The second-order valence-corrected chi connectivity index (χ2v) is 8.01. The molecule has 138 valence electrons. The van der Waals surface area contributed by atoms with Crippen molar-refractivity contribution in [1.29, 1.82) is 0 Å². The van der Waals surface area contributed by atoms with Crippen molar-refractivity contribution in [2.75, 3.05) is 18.6 Å². The highest BCUT2D eigenvalue weighted by Crippen LogP contribution is 2.47. The lowest BCUT2D eigenvalue weighted by atomic mass is 9.63. The lowest BCUT2D eigenvalue weighted by Crippen LogP contribution is -2.61. The molecule has 0 radical (unpaired) electrons. The van der Waals surface area contributed by atoms with Crippen molar-refractivity contribution in [3.05, 3.63) is 35.8 Å². The smallest absolute Gasteiger partial charge is 0.161 e. The summed E-state index contributed by atoms with van der Waals surface area (Å²) >= 11 is 0. The lowest BCUT2D eigenvalue weighted by Gasteiger charge is -2.55. The average molecular weight is 352 g/mol. The molecule has 1 saturated carbocycles. The van der Waals surface area contributed by atoms with Crippen molar-refractivity contribution >= 4 is 5.82 Å². The number of rotatable bonds is 5. The number of ether oxygens (including phenoxy) is 1. The van der Waals surface area contributed by atoms with E-state index in [-0.39, 0.29) is 5.41 Å². The molecule has 2 aliphatic carbocycles. The molecule has 0 saturated heterocycles. The van der Waals surface area contributed by atoms with Gasteiger partial charge in [-0.05, 0) is 44.7 Å². The van der Waals surface area contributed by atoms with Crippen LogP contribution in [-0.4, -0.2) is 40.8 Å². The van der Waals surface area contributed by atoms with Gasteiger partial charge in [-0.3, -0.25) is 4.98 Å². The summed E-state index contributed by atoms with van der Waals surface area (Å²) in [7, 11) is 2.19. The SMILES string of the molecule is CCOC1CC(N(C)c2nc(-c3ccncc3)nc3c2CCC3)C1(C)C. The van der Waals surface area contributed by atoms with Crippen molar-refractivity contribution in [1.82, 2.24) is 15.0 Å². The third-order valence-electron chi connectivity index (χ3n) is 6.15. The highest BCUT2D eigenvalue weighted by atomic mass is 16.5. The molecular weight excluding hydrogens is 324 g/mol. The first kappa shape index (κ1) is 17.4. The maximum Gasteiger partial charge on any atom is 0.161 e. The molecule has 0 aliphatic heterocycles. The number of aryl methyl sites for hydroxylation is 1.